The first kappa shape index (κ1) is 14.0. The minimum Gasteiger partial charge on any atom is -0.496 e. The number of carbonyl (C=O) groups excluding carboxylic acids is 1. The van der Waals surface area contributed by atoms with Gasteiger partial charge in [-0.1, -0.05) is 19.1 Å². The van der Waals surface area contributed by atoms with E-state index in [-0.39, 0.29) is 6.54 Å². The summed E-state index contributed by atoms with van der Waals surface area (Å²) in [5.41, 5.74) is 1.91. The van der Waals surface area contributed by atoms with Crippen molar-refractivity contribution in [1.82, 2.24) is 4.90 Å². The monoisotopic (exact) mass is 251 g/mol. The van der Waals surface area contributed by atoms with Crippen LogP contribution in [0.25, 0.3) is 0 Å². The molecule has 0 heterocycles. The van der Waals surface area contributed by atoms with Crippen molar-refractivity contribution < 1.29 is 19.4 Å². The normalized spacial score (nSPS) is 9.94. The first-order valence-corrected chi connectivity index (χ1v) is 5.63. The number of aryl methyl sites for hydroxylation is 1. The number of ether oxygens (including phenoxy) is 1. The molecular weight excluding hydrogens is 234 g/mol. The van der Waals surface area contributed by atoms with E-state index in [1.54, 1.807) is 7.11 Å². The molecule has 5 nitrogen and oxygen atoms in total. The Balaban J connectivity index is 2.94. The van der Waals surface area contributed by atoms with E-state index < -0.39 is 11.9 Å². The Morgan fingerprint density at radius 1 is 1.39 bits per heavy atom. The molecule has 1 N–H and O–H groups in total. The van der Waals surface area contributed by atoms with Gasteiger partial charge in [0.1, 0.15) is 5.75 Å². The van der Waals surface area contributed by atoms with Gasteiger partial charge in [0.2, 0.25) is 0 Å². The summed E-state index contributed by atoms with van der Waals surface area (Å²) < 4.78 is 5.20. The fourth-order valence-corrected chi connectivity index (χ4v) is 1.67. The van der Waals surface area contributed by atoms with Gasteiger partial charge in [-0.05, 0) is 18.1 Å². The largest absolute Gasteiger partial charge is 0.496 e. The van der Waals surface area contributed by atoms with Gasteiger partial charge < -0.3 is 14.7 Å². The Hall–Kier alpha value is -2.04. The van der Waals surface area contributed by atoms with E-state index in [0.29, 0.717) is 5.75 Å². The smallest absolute Gasteiger partial charge is 0.394 e. The molecule has 1 rings (SSSR count). The molecule has 0 bridgehead atoms. The van der Waals surface area contributed by atoms with E-state index >= 15 is 0 Å². The third-order valence-corrected chi connectivity index (χ3v) is 2.69. The number of carboxylic acid groups (broad SMARTS) is 1. The first-order chi connectivity index (χ1) is 8.49. The van der Waals surface area contributed by atoms with Crippen LogP contribution in [-0.4, -0.2) is 36.0 Å². The molecule has 5 heteroatoms. The zero-order valence-corrected chi connectivity index (χ0v) is 10.8. The lowest BCUT2D eigenvalue weighted by atomic mass is 10.1. The van der Waals surface area contributed by atoms with E-state index in [2.05, 4.69) is 0 Å². The Kier molecular flexibility index (Phi) is 4.71. The average Bonchev–Trinajstić information content (AvgIpc) is 2.37. The highest BCUT2D eigenvalue weighted by molar-refractivity contribution is 6.31. The number of hydrogen-bond acceptors (Lipinski definition) is 3. The number of carbonyl (C=O) groups is 2. The van der Waals surface area contributed by atoms with Crippen LogP contribution in [0.5, 0.6) is 5.75 Å². The standard InChI is InChI=1S/C13H17NO4/c1-4-9-5-6-11(18-3)10(7-9)8-14(2)12(15)13(16)17/h5-7H,4,8H2,1-3H3,(H,16,17). The maximum atomic E-state index is 11.3. The summed E-state index contributed by atoms with van der Waals surface area (Å²) in [4.78, 5) is 23.0. The van der Waals surface area contributed by atoms with Gasteiger partial charge in [-0.2, -0.15) is 0 Å². The predicted molar refractivity (Wildman–Crippen MR) is 66.5 cm³/mol. The molecule has 1 aromatic carbocycles. The van der Waals surface area contributed by atoms with Crippen LogP contribution in [0.4, 0.5) is 0 Å². The highest BCUT2D eigenvalue weighted by Crippen LogP contribution is 2.21. The molecule has 0 aliphatic carbocycles. The number of amides is 1. The van der Waals surface area contributed by atoms with Gasteiger partial charge in [-0.3, -0.25) is 4.79 Å². The summed E-state index contributed by atoms with van der Waals surface area (Å²) in [6, 6.07) is 5.69. The van der Waals surface area contributed by atoms with Gasteiger partial charge in [-0.25, -0.2) is 4.79 Å². The van der Waals surface area contributed by atoms with E-state index in [9.17, 15) is 9.59 Å². The fraction of sp³-hybridized carbons (Fsp3) is 0.385. The lowest BCUT2D eigenvalue weighted by Crippen LogP contribution is -2.32. The third kappa shape index (κ3) is 3.23. The van der Waals surface area contributed by atoms with Crippen LogP contribution >= 0.6 is 0 Å². The minimum atomic E-state index is -1.46. The summed E-state index contributed by atoms with van der Waals surface area (Å²) >= 11 is 0. The van der Waals surface area contributed by atoms with Crippen LogP contribution in [0.15, 0.2) is 18.2 Å². The van der Waals surface area contributed by atoms with E-state index in [1.807, 2.05) is 25.1 Å². The molecule has 1 aromatic rings. The molecule has 18 heavy (non-hydrogen) atoms. The molecule has 0 fully saturated rings. The SMILES string of the molecule is CCc1ccc(OC)c(CN(C)C(=O)C(=O)O)c1. The highest BCUT2D eigenvalue weighted by atomic mass is 16.5. The fourth-order valence-electron chi connectivity index (χ4n) is 1.67. The Morgan fingerprint density at radius 2 is 2.06 bits per heavy atom. The number of benzene rings is 1. The van der Waals surface area contributed by atoms with Gasteiger partial charge in [0.25, 0.3) is 0 Å². The average molecular weight is 251 g/mol. The molecular formula is C13H17NO4. The van der Waals surface area contributed by atoms with Crippen LogP contribution in [0.1, 0.15) is 18.1 Å². The first-order valence-electron chi connectivity index (χ1n) is 5.63. The molecule has 0 unspecified atom stereocenters. The van der Waals surface area contributed by atoms with Crippen molar-refractivity contribution in [3.05, 3.63) is 29.3 Å². The second-order valence-corrected chi connectivity index (χ2v) is 3.97. The number of nitrogens with zero attached hydrogens (tertiary/aromatic N) is 1. The number of rotatable bonds is 4. The molecule has 0 spiro atoms. The van der Waals surface area contributed by atoms with Gasteiger partial charge in [0, 0.05) is 19.2 Å². The van der Waals surface area contributed by atoms with Crippen molar-refractivity contribution in [1.29, 1.82) is 0 Å². The lowest BCUT2D eigenvalue weighted by Gasteiger charge is -2.17. The van der Waals surface area contributed by atoms with Crippen LogP contribution in [0.2, 0.25) is 0 Å². The van der Waals surface area contributed by atoms with Crippen LogP contribution in [-0.2, 0) is 22.6 Å². The maximum Gasteiger partial charge on any atom is 0.394 e. The maximum absolute atomic E-state index is 11.3. The van der Waals surface area contributed by atoms with Crippen molar-refractivity contribution in [3.63, 3.8) is 0 Å². The molecule has 0 aromatic heterocycles. The topological polar surface area (TPSA) is 66.8 Å². The molecule has 0 radical (unpaired) electrons. The summed E-state index contributed by atoms with van der Waals surface area (Å²) in [7, 11) is 3.00. The Labute approximate surface area is 106 Å². The predicted octanol–water partition coefficient (Wildman–Crippen LogP) is 1.30. The van der Waals surface area contributed by atoms with Crippen LogP contribution < -0.4 is 4.74 Å². The Morgan fingerprint density at radius 3 is 2.56 bits per heavy atom. The van der Waals surface area contributed by atoms with Crippen molar-refractivity contribution >= 4 is 11.9 Å². The number of hydrogen-bond donors (Lipinski definition) is 1. The second-order valence-electron chi connectivity index (χ2n) is 3.97. The zero-order valence-electron chi connectivity index (χ0n) is 10.8. The summed E-state index contributed by atoms with van der Waals surface area (Å²) in [6.45, 7) is 2.24. The van der Waals surface area contributed by atoms with Crippen LogP contribution in [0.3, 0.4) is 0 Å². The second kappa shape index (κ2) is 6.05. The third-order valence-electron chi connectivity index (χ3n) is 2.69. The number of carboxylic acids is 1. The zero-order chi connectivity index (χ0) is 13.7. The van der Waals surface area contributed by atoms with Crippen LogP contribution in [0, 0.1) is 0 Å². The molecule has 0 aliphatic heterocycles. The molecule has 0 saturated heterocycles. The van der Waals surface area contributed by atoms with Crippen molar-refractivity contribution in [2.45, 2.75) is 19.9 Å². The number of aliphatic carboxylic acids is 1. The highest BCUT2D eigenvalue weighted by Gasteiger charge is 2.18. The van der Waals surface area contributed by atoms with Crippen molar-refractivity contribution in [3.8, 4) is 5.75 Å². The summed E-state index contributed by atoms with van der Waals surface area (Å²) in [5.74, 6) is -1.74. The number of likely N-dealkylation sites (N-methyl/N-ethyl adjacent to an activating group) is 1. The van der Waals surface area contributed by atoms with Crippen molar-refractivity contribution in [2.75, 3.05) is 14.2 Å². The van der Waals surface area contributed by atoms with Gasteiger partial charge >= 0.3 is 11.9 Å². The van der Waals surface area contributed by atoms with E-state index in [0.717, 1.165) is 22.4 Å². The van der Waals surface area contributed by atoms with E-state index in [1.165, 1.54) is 7.05 Å². The number of methoxy groups -OCH3 is 1. The van der Waals surface area contributed by atoms with Crippen molar-refractivity contribution in [2.24, 2.45) is 0 Å². The van der Waals surface area contributed by atoms with Gasteiger partial charge in [0.15, 0.2) is 0 Å². The quantitative estimate of drug-likeness (QED) is 0.819. The lowest BCUT2D eigenvalue weighted by molar-refractivity contribution is -0.155. The summed E-state index contributed by atoms with van der Waals surface area (Å²) in [6.07, 6.45) is 0.869. The Bertz CT molecular complexity index is 456. The molecule has 0 atom stereocenters. The molecule has 98 valence electrons. The summed E-state index contributed by atoms with van der Waals surface area (Å²) in [5, 5.41) is 8.64. The molecule has 0 aliphatic rings. The van der Waals surface area contributed by atoms with Gasteiger partial charge in [-0.15, -0.1) is 0 Å². The van der Waals surface area contributed by atoms with Gasteiger partial charge in [0.05, 0.1) is 7.11 Å². The molecule has 0 saturated carbocycles. The minimum absolute atomic E-state index is 0.210. The molecule has 1 amide bonds. The van der Waals surface area contributed by atoms with E-state index in [4.69, 9.17) is 9.84 Å².